The summed E-state index contributed by atoms with van der Waals surface area (Å²) in [5, 5.41) is 6.29. The normalized spacial score (nSPS) is 48.1. The van der Waals surface area contributed by atoms with Gasteiger partial charge in [0.1, 0.15) is 0 Å². The Balaban J connectivity index is 1.61. The lowest BCUT2D eigenvalue weighted by Crippen LogP contribution is -2.59. The van der Waals surface area contributed by atoms with Crippen molar-refractivity contribution >= 4 is 11.8 Å². The highest BCUT2D eigenvalue weighted by Crippen LogP contribution is 2.64. The van der Waals surface area contributed by atoms with Gasteiger partial charge in [0, 0.05) is 23.9 Å². The zero-order chi connectivity index (χ0) is 17.8. The van der Waals surface area contributed by atoms with E-state index < -0.39 is 0 Å². The Bertz CT molecular complexity index is 615. The first kappa shape index (κ1) is 17.1. The molecule has 4 aliphatic rings. The lowest BCUT2D eigenvalue weighted by atomic mass is 9.48. The van der Waals surface area contributed by atoms with Gasteiger partial charge in [-0.1, -0.05) is 19.9 Å². The highest BCUT2D eigenvalue weighted by Gasteiger charge is 2.60. The Morgan fingerprint density at radius 2 is 2.00 bits per heavy atom. The van der Waals surface area contributed by atoms with Crippen LogP contribution in [0.15, 0.2) is 12.2 Å². The summed E-state index contributed by atoms with van der Waals surface area (Å²) in [6.07, 6.45) is 10.8. The molecular formula is C21H32N2O2. The molecule has 4 heteroatoms. The second kappa shape index (κ2) is 5.85. The molecule has 2 amide bonds. The predicted octanol–water partition coefficient (Wildman–Crippen LogP) is 3.04. The van der Waals surface area contributed by atoms with Gasteiger partial charge in [0.25, 0.3) is 0 Å². The lowest BCUT2D eigenvalue weighted by Gasteiger charge is -2.58. The molecule has 0 bridgehead atoms. The molecule has 3 aliphatic carbocycles. The summed E-state index contributed by atoms with van der Waals surface area (Å²) in [5.41, 5.74) is 0.243. The SMILES string of the molecule is CCNC(=O)C1CC[C@H]2[C@@H]3CCC4NC(=O)C=C[C@]4(C)[C@@H]3CC[C@]12C. The van der Waals surface area contributed by atoms with Crippen LogP contribution in [0.2, 0.25) is 0 Å². The average molecular weight is 344 g/mol. The molecule has 4 nitrogen and oxygen atoms in total. The van der Waals surface area contributed by atoms with Crippen molar-refractivity contribution in [3.05, 3.63) is 12.2 Å². The number of carbonyl (C=O) groups excluding carboxylic acids is 2. The van der Waals surface area contributed by atoms with E-state index >= 15 is 0 Å². The van der Waals surface area contributed by atoms with Crippen LogP contribution in [0.1, 0.15) is 59.3 Å². The smallest absolute Gasteiger partial charge is 0.243 e. The van der Waals surface area contributed by atoms with E-state index in [1.54, 1.807) is 6.08 Å². The third-order valence-electron chi connectivity index (χ3n) is 8.35. The van der Waals surface area contributed by atoms with Crippen molar-refractivity contribution in [1.29, 1.82) is 0 Å². The molecule has 0 spiro atoms. The van der Waals surface area contributed by atoms with Crippen LogP contribution in [0.3, 0.4) is 0 Å². The Hall–Kier alpha value is -1.32. The maximum atomic E-state index is 12.6. The monoisotopic (exact) mass is 344 g/mol. The molecule has 7 atom stereocenters. The minimum atomic E-state index is 0.0683. The van der Waals surface area contributed by atoms with Crippen LogP contribution in [-0.4, -0.2) is 24.4 Å². The van der Waals surface area contributed by atoms with Crippen molar-refractivity contribution in [2.24, 2.45) is 34.5 Å². The summed E-state index contributed by atoms with van der Waals surface area (Å²) in [4.78, 5) is 24.4. The van der Waals surface area contributed by atoms with Crippen LogP contribution in [-0.2, 0) is 9.59 Å². The summed E-state index contributed by atoms with van der Waals surface area (Å²) < 4.78 is 0. The number of amides is 2. The third-order valence-corrected chi connectivity index (χ3v) is 8.35. The largest absolute Gasteiger partial charge is 0.356 e. The maximum absolute atomic E-state index is 12.6. The number of nitrogens with one attached hydrogen (secondary N) is 2. The van der Waals surface area contributed by atoms with Crippen molar-refractivity contribution in [3.8, 4) is 0 Å². The molecule has 25 heavy (non-hydrogen) atoms. The van der Waals surface area contributed by atoms with Crippen molar-refractivity contribution in [1.82, 2.24) is 10.6 Å². The number of carbonyl (C=O) groups is 2. The van der Waals surface area contributed by atoms with E-state index in [4.69, 9.17) is 0 Å². The fourth-order valence-corrected chi connectivity index (χ4v) is 7.06. The lowest BCUT2D eigenvalue weighted by molar-refractivity contribution is -0.134. The summed E-state index contributed by atoms with van der Waals surface area (Å²) in [7, 11) is 0. The van der Waals surface area contributed by atoms with Crippen LogP contribution in [0.25, 0.3) is 0 Å². The van der Waals surface area contributed by atoms with E-state index in [1.165, 1.54) is 19.3 Å². The quantitative estimate of drug-likeness (QED) is 0.809. The molecule has 0 radical (unpaired) electrons. The molecule has 0 aromatic heterocycles. The molecule has 1 aliphatic heterocycles. The van der Waals surface area contributed by atoms with Gasteiger partial charge in [-0.15, -0.1) is 0 Å². The summed E-state index contributed by atoms with van der Waals surface area (Å²) >= 11 is 0. The second-order valence-electron chi connectivity index (χ2n) is 9.28. The number of hydrogen-bond donors (Lipinski definition) is 2. The first-order valence-electron chi connectivity index (χ1n) is 10.2. The molecule has 0 aromatic rings. The first-order valence-corrected chi connectivity index (χ1v) is 10.2. The zero-order valence-electron chi connectivity index (χ0n) is 15.8. The summed E-state index contributed by atoms with van der Waals surface area (Å²) in [5.74, 6) is 2.51. The van der Waals surface area contributed by atoms with Gasteiger partial charge in [-0.25, -0.2) is 0 Å². The van der Waals surface area contributed by atoms with Crippen molar-refractivity contribution < 1.29 is 9.59 Å². The van der Waals surface area contributed by atoms with Gasteiger partial charge < -0.3 is 10.6 Å². The van der Waals surface area contributed by atoms with Crippen LogP contribution >= 0.6 is 0 Å². The minimum Gasteiger partial charge on any atom is -0.356 e. The molecule has 138 valence electrons. The molecule has 1 heterocycles. The molecule has 0 saturated heterocycles. The van der Waals surface area contributed by atoms with Gasteiger partial charge >= 0.3 is 0 Å². The molecule has 4 rings (SSSR count). The fourth-order valence-electron chi connectivity index (χ4n) is 7.06. The van der Waals surface area contributed by atoms with Gasteiger partial charge in [-0.3, -0.25) is 9.59 Å². The van der Waals surface area contributed by atoms with Crippen LogP contribution in [0.5, 0.6) is 0 Å². The van der Waals surface area contributed by atoms with Gasteiger partial charge in [-0.05, 0) is 74.7 Å². The molecular weight excluding hydrogens is 312 g/mol. The van der Waals surface area contributed by atoms with Gasteiger partial charge in [0.2, 0.25) is 11.8 Å². The number of hydrogen-bond acceptors (Lipinski definition) is 2. The predicted molar refractivity (Wildman–Crippen MR) is 97.6 cm³/mol. The van der Waals surface area contributed by atoms with Crippen molar-refractivity contribution in [3.63, 3.8) is 0 Å². The van der Waals surface area contributed by atoms with E-state index in [0.717, 1.165) is 25.8 Å². The van der Waals surface area contributed by atoms with E-state index in [2.05, 4.69) is 30.6 Å². The van der Waals surface area contributed by atoms with Crippen LogP contribution < -0.4 is 10.6 Å². The summed E-state index contributed by atoms with van der Waals surface area (Å²) in [6.45, 7) is 7.47. The minimum absolute atomic E-state index is 0.0683. The Labute approximate surface area is 151 Å². The van der Waals surface area contributed by atoms with E-state index in [0.29, 0.717) is 17.8 Å². The highest BCUT2D eigenvalue weighted by atomic mass is 16.2. The van der Waals surface area contributed by atoms with Crippen LogP contribution in [0, 0.1) is 34.5 Å². The Morgan fingerprint density at radius 3 is 2.76 bits per heavy atom. The second-order valence-corrected chi connectivity index (χ2v) is 9.28. The highest BCUT2D eigenvalue weighted by molar-refractivity contribution is 5.89. The average Bonchev–Trinajstić information content (AvgIpc) is 2.93. The number of rotatable bonds is 2. The Morgan fingerprint density at radius 1 is 1.20 bits per heavy atom. The van der Waals surface area contributed by atoms with Crippen molar-refractivity contribution in [2.75, 3.05) is 6.54 Å². The topological polar surface area (TPSA) is 58.2 Å². The Kier molecular flexibility index (Phi) is 4.01. The fraction of sp³-hybridized carbons (Fsp3) is 0.810. The van der Waals surface area contributed by atoms with Gasteiger partial charge in [-0.2, -0.15) is 0 Å². The van der Waals surface area contributed by atoms with E-state index in [1.807, 2.05) is 6.92 Å². The van der Waals surface area contributed by atoms with E-state index in [-0.39, 0.29) is 34.6 Å². The van der Waals surface area contributed by atoms with Gasteiger partial charge in [0.15, 0.2) is 0 Å². The molecule has 2 unspecified atom stereocenters. The third kappa shape index (κ3) is 2.39. The molecule has 2 N–H and O–H groups in total. The summed E-state index contributed by atoms with van der Waals surface area (Å²) in [6, 6.07) is 0.288. The van der Waals surface area contributed by atoms with Crippen molar-refractivity contribution in [2.45, 2.75) is 65.3 Å². The number of fused-ring (bicyclic) bond motifs is 5. The maximum Gasteiger partial charge on any atom is 0.243 e. The molecule has 0 aromatic carbocycles. The zero-order valence-corrected chi connectivity index (χ0v) is 15.8. The molecule has 3 saturated carbocycles. The van der Waals surface area contributed by atoms with Crippen LogP contribution in [0.4, 0.5) is 0 Å². The first-order chi connectivity index (χ1) is 11.9. The standard InChI is InChI=1S/C21H32N2O2/c1-4-22-19(25)16-7-6-14-13-5-8-17-21(3,12-10-18(24)23-17)15(13)9-11-20(14,16)2/h10,12-17H,4-9,11H2,1-3H3,(H,22,25)(H,23,24)/t13-,14-,15+,16?,17?,20-,21+/m0/s1. The van der Waals surface area contributed by atoms with E-state index in [9.17, 15) is 9.59 Å². The molecule has 3 fully saturated rings. The van der Waals surface area contributed by atoms with Gasteiger partial charge in [0.05, 0.1) is 0 Å².